The molecular weight excluding hydrogens is 557 g/mol. The molecule has 15 heteroatoms. The number of hydrogen-bond donors (Lipinski definition) is 1. The molecule has 0 amide bonds. The summed E-state index contributed by atoms with van der Waals surface area (Å²) in [7, 11) is -7.24. The number of benzene rings is 2. The van der Waals surface area contributed by atoms with Crippen LogP contribution in [0.15, 0.2) is 41.3 Å². The van der Waals surface area contributed by atoms with Crippen molar-refractivity contribution in [1.29, 1.82) is 0 Å². The lowest BCUT2D eigenvalue weighted by molar-refractivity contribution is 0.236. The molecule has 2 aliphatic heterocycles. The Balaban J connectivity index is 1.52. The number of anilines is 1. The van der Waals surface area contributed by atoms with Crippen LogP contribution in [0.5, 0.6) is 0 Å². The minimum Gasteiger partial charge on any atom is -0.365 e. The summed E-state index contributed by atoms with van der Waals surface area (Å²) in [4.78, 5) is 2.95. The molecule has 1 unspecified atom stereocenters. The number of piperidine rings is 1. The van der Waals surface area contributed by atoms with E-state index in [1.165, 1.54) is 15.2 Å². The molecule has 38 heavy (non-hydrogen) atoms. The van der Waals surface area contributed by atoms with Gasteiger partial charge in [0.2, 0.25) is 15.8 Å². The van der Waals surface area contributed by atoms with Crippen LogP contribution in [0.4, 0.5) is 10.1 Å². The second-order valence-corrected chi connectivity index (χ2v) is 14.1. The quantitative estimate of drug-likeness (QED) is 0.475. The Hall–Kier alpha value is -2.65. The number of halogens is 2. The van der Waals surface area contributed by atoms with E-state index < -0.39 is 31.7 Å². The monoisotopic (exact) mass is 583 g/mol. The zero-order valence-corrected chi connectivity index (χ0v) is 22.9. The van der Waals surface area contributed by atoms with E-state index in [2.05, 4.69) is 15.4 Å². The first kappa shape index (κ1) is 26.9. The summed E-state index contributed by atoms with van der Waals surface area (Å²) in [5, 5.41) is 13.0. The number of nitrogens with zero attached hydrogens (tertiary/aromatic N) is 6. The van der Waals surface area contributed by atoms with Crippen LogP contribution in [-0.4, -0.2) is 79.0 Å². The molecule has 3 aromatic rings. The standard InChI is InChI=1S/C23H27ClFN7O4S2/c1-37(33,34)31-8-2-3-18(13-31)32-28-23(27-29-32)19-9-21-22(10-20(19)25)38(35,36)14-17(26)12-30(21)11-15-4-6-16(24)7-5-15/h4-7,9-10,17-18H,2-3,8,11-14,26H2,1H3/t17-,18?/m1/s1. The Kier molecular flexibility index (Phi) is 7.20. The highest BCUT2D eigenvalue weighted by Gasteiger charge is 2.33. The fourth-order valence-corrected chi connectivity index (χ4v) is 7.54. The van der Waals surface area contributed by atoms with Crippen molar-refractivity contribution >= 4 is 37.1 Å². The first-order valence-corrected chi connectivity index (χ1v) is 15.8. The predicted octanol–water partition coefficient (Wildman–Crippen LogP) is 1.85. The van der Waals surface area contributed by atoms with Crippen molar-refractivity contribution in [3.8, 4) is 11.4 Å². The molecule has 1 fully saturated rings. The summed E-state index contributed by atoms with van der Waals surface area (Å²) in [5.41, 5.74) is 7.30. The maximum atomic E-state index is 15.4. The number of aromatic nitrogens is 4. The SMILES string of the molecule is CS(=O)(=O)N1CCCC(n2nnc(-c3cc4c(cc3F)S(=O)(=O)C[C@H](N)CN4Cc3ccc(Cl)cc3)n2)C1. The lowest BCUT2D eigenvalue weighted by Crippen LogP contribution is -2.40. The van der Waals surface area contributed by atoms with Crippen molar-refractivity contribution < 1.29 is 21.2 Å². The van der Waals surface area contributed by atoms with E-state index in [4.69, 9.17) is 17.3 Å². The largest absolute Gasteiger partial charge is 0.365 e. The lowest BCUT2D eigenvalue weighted by Gasteiger charge is -2.29. The molecular formula is C23H27ClFN7O4S2. The number of sulfone groups is 1. The van der Waals surface area contributed by atoms with Gasteiger partial charge in [0.25, 0.3) is 0 Å². The van der Waals surface area contributed by atoms with Gasteiger partial charge in [0.1, 0.15) is 5.82 Å². The van der Waals surface area contributed by atoms with E-state index in [0.29, 0.717) is 36.6 Å². The fraction of sp³-hybridized carbons (Fsp3) is 0.435. The molecule has 0 spiro atoms. The van der Waals surface area contributed by atoms with E-state index in [1.54, 1.807) is 17.0 Å². The Morgan fingerprint density at radius 1 is 1.18 bits per heavy atom. The van der Waals surface area contributed by atoms with Crippen molar-refractivity contribution in [2.45, 2.75) is 36.4 Å². The third-order valence-electron chi connectivity index (χ3n) is 6.72. The smallest absolute Gasteiger partial charge is 0.211 e. The molecule has 3 heterocycles. The number of fused-ring (bicyclic) bond motifs is 1. The number of nitrogens with two attached hydrogens (primary N) is 1. The number of tetrazole rings is 1. The van der Waals surface area contributed by atoms with Crippen LogP contribution in [0.1, 0.15) is 24.4 Å². The zero-order chi connectivity index (χ0) is 27.2. The lowest BCUT2D eigenvalue weighted by atomic mass is 10.1. The van der Waals surface area contributed by atoms with Crippen molar-refractivity contribution in [2.24, 2.45) is 5.73 Å². The van der Waals surface area contributed by atoms with E-state index in [-0.39, 0.29) is 41.2 Å². The molecule has 11 nitrogen and oxygen atoms in total. The van der Waals surface area contributed by atoms with Crippen LogP contribution >= 0.6 is 11.6 Å². The van der Waals surface area contributed by atoms with Gasteiger partial charge < -0.3 is 10.6 Å². The second kappa shape index (κ2) is 10.2. The minimum absolute atomic E-state index is 0.0162. The number of hydrogen-bond acceptors (Lipinski definition) is 9. The molecule has 0 aliphatic carbocycles. The van der Waals surface area contributed by atoms with Crippen molar-refractivity contribution in [1.82, 2.24) is 24.5 Å². The van der Waals surface area contributed by atoms with Gasteiger partial charge in [-0.05, 0) is 47.9 Å². The van der Waals surface area contributed by atoms with Crippen LogP contribution in [0.25, 0.3) is 11.4 Å². The van der Waals surface area contributed by atoms with Crippen molar-refractivity contribution in [3.63, 3.8) is 0 Å². The van der Waals surface area contributed by atoms with Gasteiger partial charge in [0.05, 0.1) is 34.2 Å². The summed E-state index contributed by atoms with van der Waals surface area (Å²) >= 11 is 6.01. The molecule has 0 radical (unpaired) electrons. The van der Waals surface area contributed by atoms with Gasteiger partial charge in [-0.2, -0.15) is 9.10 Å². The van der Waals surface area contributed by atoms with Gasteiger partial charge in [-0.15, -0.1) is 10.2 Å². The Morgan fingerprint density at radius 2 is 1.92 bits per heavy atom. The Morgan fingerprint density at radius 3 is 2.63 bits per heavy atom. The predicted molar refractivity (Wildman–Crippen MR) is 140 cm³/mol. The highest BCUT2D eigenvalue weighted by Crippen LogP contribution is 2.36. The topological polar surface area (TPSA) is 144 Å². The third-order valence-corrected chi connectivity index (χ3v) is 10.1. The van der Waals surface area contributed by atoms with Crippen LogP contribution in [0, 0.1) is 5.82 Å². The maximum absolute atomic E-state index is 15.4. The van der Waals surface area contributed by atoms with Crippen LogP contribution in [0.2, 0.25) is 5.02 Å². The Bertz CT molecular complexity index is 1560. The minimum atomic E-state index is -3.86. The van der Waals surface area contributed by atoms with E-state index in [0.717, 1.165) is 17.9 Å². The van der Waals surface area contributed by atoms with E-state index in [1.807, 2.05) is 12.1 Å². The van der Waals surface area contributed by atoms with Crippen molar-refractivity contribution in [3.05, 3.63) is 52.8 Å². The summed E-state index contributed by atoms with van der Waals surface area (Å²) < 4.78 is 66.9. The van der Waals surface area contributed by atoms with Crippen LogP contribution in [0.3, 0.4) is 0 Å². The summed E-state index contributed by atoms with van der Waals surface area (Å²) in [6.07, 6.45) is 2.41. The normalized spacial score (nSPS) is 22.2. The number of rotatable bonds is 5. The molecule has 5 rings (SSSR count). The molecule has 2 N–H and O–H groups in total. The zero-order valence-electron chi connectivity index (χ0n) is 20.5. The first-order chi connectivity index (χ1) is 17.9. The van der Waals surface area contributed by atoms with Gasteiger partial charge in [-0.3, -0.25) is 0 Å². The summed E-state index contributed by atoms with van der Waals surface area (Å²) in [5.74, 6) is -1.16. The summed E-state index contributed by atoms with van der Waals surface area (Å²) in [6, 6.07) is 8.49. The summed E-state index contributed by atoms with van der Waals surface area (Å²) in [6.45, 7) is 1.15. The molecule has 1 aromatic heterocycles. The molecule has 2 aliphatic rings. The van der Waals surface area contributed by atoms with Gasteiger partial charge in [-0.25, -0.2) is 21.2 Å². The first-order valence-electron chi connectivity index (χ1n) is 12.0. The highest BCUT2D eigenvalue weighted by molar-refractivity contribution is 7.91. The molecule has 0 bridgehead atoms. The number of sulfonamides is 1. The van der Waals surface area contributed by atoms with Gasteiger partial charge >= 0.3 is 0 Å². The fourth-order valence-electron chi connectivity index (χ4n) is 4.88. The van der Waals surface area contributed by atoms with Crippen LogP contribution in [-0.2, 0) is 26.4 Å². The molecule has 0 saturated carbocycles. The second-order valence-electron chi connectivity index (χ2n) is 9.70. The average Bonchev–Trinajstić information content (AvgIpc) is 3.31. The van der Waals surface area contributed by atoms with Crippen LogP contribution < -0.4 is 10.6 Å². The maximum Gasteiger partial charge on any atom is 0.211 e. The molecule has 204 valence electrons. The van der Waals surface area contributed by atoms with Crippen molar-refractivity contribution in [2.75, 3.05) is 36.5 Å². The van der Waals surface area contributed by atoms with Gasteiger partial charge in [0, 0.05) is 37.2 Å². The molecule has 2 aromatic carbocycles. The Labute approximate surface area is 225 Å². The van der Waals surface area contributed by atoms with Gasteiger partial charge in [0.15, 0.2) is 9.84 Å². The molecule has 2 atom stereocenters. The van der Waals surface area contributed by atoms with E-state index in [9.17, 15) is 16.8 Å². The highest BCUT2D eigenvalue weighted by atomic mass is 35.5. The van der Waals surface area contributed by atoms with Gasteiger partial charge in [-0.1, -0.05) is 23.7 Å². The average molecular weight is 584 g/mol. The third kappa shape index (κ3) is 5.54. The molecule has 1 saturated heterocycles. The van der Waals surface area contributed by atoms with E-state index >= 15 is 4.39 Å².